The van der Waals surface area contributed by atoms with E-state index in [1.807, 2.05) is 13.0 Å². The van der Waals surface area contributed by atoms with E-state index >= 15 is 0 Å². The Labute approximate surface area is 107 Å². The van der Waals surface area contributed by atoms with Gasteiger partial charge in [-0.2, -0.15) is 13.2 Å². The van der Waals surface area contributed by atoms with Crippen molar-refractivity contribution in [3.8, 4) is 0 Å². The summed E-state index contributed by atoms with van der Waals surface area (Å²) in [5.74, 6) is -0.511. The lowest BCUT2D eigenvalue weighted by Crippen LogP contribution is -2.38. The minimum absolute atomic E-state index is 0.511. The fraction of sp³-hybridized carbons (Fsp3) is 0.545. The summed E-state index contributed by atoms with van der Waals surface area (Å²) in [6.45, 7) is 2.24. The Morgan fingerprint density at radius 1 is 1.44 bits per heavy atom. The smallest absolute Gasteiger partial charge is 0.312 e. The molecule has 0 spiro atoms. The van der Waals surface area contributed by atoms with Gasteiger partial charge in [-0.3, -0.25) is 10.1 Å². The van der Waals surface area contributed by atoms with Crippen molar-refractivity contribution >= 4 is 17.2 Å². The molecule has 0 aliphatic carbocycles. The Kier molecular flexibility index (Phi) is 3.37. The van der Waals surface area contributed by atoms with Crippen LogP contribution in [-0.2, 0) is 4.79 Å². The van der Waals surface area contributed by atoms with Crippen LogP contribution in [0.15, 0.2) is 12.1 Å². The Hall–Kier alpha value is -1.08. The lowest BCUT2D eigenvalue weighted by Gasteiger charge is -2.24. The maximum absolute atomic E-state index is 12.5. The van der Waals surface area contributed by atoms with Crippen LogP contribution in [0, 0.1) is 6.92 Å². The van der Waals surface area contributed by atoms with E-state index in [4.69, 9.17) is 0 Å². The molecule has 1 aromatic heterocycles. The molecule has 1 aliphatic heterocycles. The highest BCUT2D eigenvalue weighted by Crippen LogP contribution is 2.32. The molecule has 1 aliphatic rings. The number of amides is 1. The normalized spacial score (nSPS) is 24.9. The van der Waals surface area contributed by atoms with Gasteiger partial charge in [-0.25, -0.2) is 0 Å². The van der Waals surface area contributed by atoms with Gasteiger partial charge in [-0.05, 0) is 26.0 Å². The van der Waals surface area contributed by atoms with Crippen molar-refractivity contribution < 1.29 is 18.0 Å². The minimum Gasteiger partial charge on any atom is -0.312 e. The quantitative estimate of drug-likeness (QED) is 0.901. The van der Waals surface area contributed by atoms with Gasteiger partial charge in [0.2, 0.25) is 5.91 Å². The molecular formula is C11H13F3N2OS. The van der Waals surface area contributed by atoms with Crippen molar-refractivity contribution in [2.75, 3.05) is 6.54 Å². The van der Waals surface area contributed by atoms with Gasteiger partial charge in [0, 0.05) is 9.75 Å². The van der Waals surface area contributed by atoms with E-state index in [0.717, 1.165) is 14.7 Å². The van der Waals surface area contributed by atoms with E-state index in [1.54, 1.807) is 13.0 Å². The van der Waals surface area contributed by atoms with Gasteiger partial charge < -0.3 is 4.90 Å². The Morgan fingerprint density at radius 2 is 2.11 bits per heavy atom. The van der Waals surface area contributed by atoms with Crippen LogP contribution in [0.3, 0.4) is 0 Å². The first kappa shape index (κ1) is 13.4. The summed E-state index contributed by atoms with van der Waals surface area (Å²) in [5.41, 5.74) is 0. The second-order valence-electron chi connectivity index (χ2n) is 4.32. The lowest BCUT2D eigenvalue weighted by atomic mass is 10.3. The maximum Gasteiger partial charge on any atom is 0.406 e. The highest BCUT2D eigenvalue weighted by Gasteiger charge is 2.43. The van der Waals surface area contributed by atoms with E-state index in [1.165, 1.54) is 11.3 Å². The number of alkyl halides is 3. The zero-order valence-corrected chi connectivity index (χ0v) is 10.7. The van der Waals surface area contributed by atoms with Crippen LogP contribution in [-0.4, -0.2) is 29.6 Å². The summed E-state index contributed by atoms with van der Waals surface area (Å²) in [6, 6.07) is 3.01. The number of hydrogen-bond acceptors (Lipinski definition) is 3. The number of nitrogens with zero attached hydrogens (tertiary/aromatic N) is 1. The molecule has 2 unspecified atom stereocenters. The molecule has 3 nitrogen and oxygen atoms in total. The van der Waals surface area contributed by atoms with Gasteiger partial charge in [-0.15, -0.1) is 11.3 Å². The van der Waals surface area contributed by atoms with Crippen LogP contribution in [0.5, 0.6) is 0 Å². The first-order valence-corrected chi connectivity index (χ1v) is 6.29. The first-order chi connectivity index (χ1) is 8.28. The molecule has 2 atom stereocenters. The van der Waals surface area contributed by atoms with Crippen LogP contribution in [0.4, 0.5) is 13.2 Å². The lowest BCUT2D eigenvalue weighted by molar-refractivity contribution is -0.161. The van der Waals surface area contributed by atoms with Crippen LogP contribution in [0.1, 0.15) is 22.8 Å². The Bertz CT molecular complexity index is 457. The molecular weight excluding hydrogens is 265 g/mol. The molecule has 18 heavy (non-hydrogen) atoms. The predicted octanol–water partition coefficient (Wildman–Crippen LogP) is 2.44. The largest absolute Gasteiger partial charge is 0.406 e. The molecule has 100 valence electrons. The van der Waals surface area contributed by atoms with Gasteiger partial charge in [-0.1, -0.05) is 0 Å². The fourth-order valence-corrected chi connectivity index (χ4v) is 2.92. The number of halogens is 3. The van der Waals surface area contributed by atoms with Crippen molar-refractivity contribution in [1.29, 1.82) is 0 Å². The standard InChI is InChI=1S/C11H13F3N2OS/c1-6-3-4-8(18-6)9-15-7(2)10(17)16(9)5-11(12,13)14/h3-4,7,9,15H,5H2,1-2H3. The molecule has 2 rings (SSSR count). The highest BCUT2D eigenvalue weighted by molar-refractivity contribution is 7.12. The number of rotatable bonds is 2. The molecule has 0 aromatic carbocycles. The number of thiophene rings is 1. The molecule has 2 heterocycles. The fourth-order valence-electron chi connectivity index (χ4n) is 1.97. The van der Waals surface area contributed by atoms with Crippen LogP contribution < -0.4 is 5.32 Å². The molecule has 0 saturated carbocycles. The molecule has 0 radical (unpaired) electrons. The molecule has 1 saturated heterocycles. The Morgan fingerprint density at radius 3 is 2.61 bits per heavy atom. The summed E-state index contributed by atoms with van der Waals surface area (Å²) in [4.78, 5) is 14.3. The van der Waals surface area contributed by atoms with E-state index in [-0.39, 0.29) is 0 Å². The van der Waals surface area contributed by atoms with Crippen molar-refractivity contribution in [1.82, 2.24) is 10.2 Å². The van der Waals surface area contributed by atoms with E-state index in [9.17, 15) is 18.0 Å². The summed E-state index contributed by atoms with van der Waals surface area (Å²) < 4.78 is 37.5. The number of carbonyl (C=O) groups is 1. The second kappa shape index (κ2) is 4.55. The van der Waals surface area contributed by atoms with Gasteiger partial charge >= 0.3 is 6.18 Å². The molecule has 0 bridgehead atoms. The minimum atomic E-state index is -4.38. The number of carbonyl (C=O) groups excluding carboxylic acids is 1. The number of aryl methyl sites for hydroxylation is 1. The third-order valence-corrected chi connectivity index (χ3v) is 3.81. The summed E-state index contributed by atoms with van der Waals surface area (Å²) in [6.07, 6.45) is -5.06. The second-order valence-corrected chi connectivity index (χ2v) is 5.64. The number of nitrogens with one attached hydrogen (secondary N) is 1. The zero-order valence-electron chi connectivity index (χ0n) is 9.91. The average Bonchev–Trinajstić information content (AvgIpc) is 2.76. The van der Waals surface area contributed by atoms with E-state index in [0.29, 0.717) is 0 Å². The maximum atomic E-state index is 12.5. The molecule has 1 amide bonds. The third kappa shape index (κ3) is 2.67. The van der Waals surface area contributed by atoms with Crippen LogP contribution >= 0.6 is 11.3 Å². The predicted molar refractivity (Wildman–Crippen MR) is 62.2 cm³/mol. The van der Waals surface area contributed by atoms with Crippen LogP contribution in [0.25, 0.3) is 0 Å². The first-order valence-electron chi connectivity index (χ1n) is 5.47. The van der Waals surface area contributed by atoms with Crippen molar-refractivity contribution in [2.45, 2.75) is 32.2 Å². The highest BCUT2D eigenvalue weighted by atomic mass is 32.1. The molecule has 1 aromatic rings. The van der Waals surface area contributed by atoms with Gasteiger partial charge in [0.25, 0.3) is 0 Å². The van der Waals surface area contributed by atoms with Crippen molar-refractivity contribution in [3.63, 3.8) is 0 Å². The topological polar surface area (TPSA) is 32.3 Å². The molecule has 7 heteroatoms. The van der Waals surface area contributed by atoms with Gasteiger partial charge in [0.1, 0.15) is 12.7 Å². The monoisotopic (exact) mass is 278 g/mol. The van der Waals surface area contributed by atoms with E-state index < -0.39 is 30.8 Å². The SMILES string of the molecule is Cc1ccc(C2NC(C)C(=O)N2CC(F)(F)F)s1. The number of hydrogen-bond donors (Lipinski definition) is 1. The van der Waals surface area contributed by atoms with E-state index in [2.05, 4.69) is 5.32 Å². The van der Waals surface area contributed by atoms with Crippen LogP contribution in [0.2, 0.25) is 0 Å². The zero-order chi connectivity index (χ0) is 13.5. The van der Waals surface area contributed by atoms with Crippen molar-refractivity contribution in [3.05, 3.63) is 21.9 Å². The molecule has 1 N–H and O–H groups in total. The van der Waals surface area contributed by atoms with Gasteiger partial charge in [0.15, 0.2) is 0 Å². The summed E-state index contributed by atoms with van der Waals surface area (Å²) in [5, 5.41) is 2.89. The van der Waals surface area contributed by atoms with Gasteiger partial charge in [0.05, 0.1) is 6.04 Å². The summed E-state index contributed by atoms with van der Waals surface area (Å²) in [7, 11) is 0. The molecule has 1 fully saturated rings. The summed E-state index contributed by atoms with van der Waals surface area (Å²) >= 11 is 1.40. The van der Waals surface area contributed by atoms with Crippen molar-refractivity contribution in [2.24, 2.45) is 0 Å². The Balaban J connectivity index is 2.25. The average molecular weight is 278 g/mol. The third-order valence-electron chi connectivity index (χ3n) is 2.75.